The summed E-state index contributed by atoms with van der Waals surface area (Å²) < 4.78 is 6.32. The van der Waals surface area contributed by atoms with E-state index in [0.717, 1.165) is 22.2 Å². The first-order valence-corrected chi connectivity index (χ1v) is 11.5. The van der Waals surface area contributed by atoms with E-state index in [9.17, 15) is 5.11 Å². The second kappa shape index (κ2) is 5.06. The van der Waals surface area contributed by atoms with Gasteiger partial charge < -0.3 is 19.7 Å². The lowest BCUT2D eigenvalue weighted by molar-refractivity contribution is -0.200. The fraction of sp³-hybridized carbons (Fsp3) is 0.577. The first-order valence-electron chi connectivity index (χ1n) is 11.1. The number of hydrogen-bond donors (Lipinski definition) is 2. The number of aromatic nitrogens is 1. The number of ether oxygens (including phenoxy) is 1. The molecule has 2 N–H and O–H groups in total. The molecule has 1 aromatic carbocycles. The summed E-state index contributed by atoms with van der Waals surface area (Å²) in [4.78, 5) is 8.06. The van der Waals surface area contributed by atoms with Gasteiger partial charge in [-0.05, 0) is 30.4 Å². The number of alkyl halides is 1. The number of nitrogens with one attached hydrogen (secondary N) is 1. The Bertz CT molecular complexity index is 1230. The quantitative estimate of drug-likeness (QED) is 0.280. The monoisotopic (exact) mass is 436 g/mol. The molecule has 2 aromatic rings. The van der Waals surface area contributed by atoms with Crippen LogP contribution >= 0.6 is 11.6 Å². The average molecular weight is 437 g/mol. The van der Waals surface area contributed by atoms with Crippen molar-refractivity contribution in [1.82, 2.24) is 4.98 Å². The number of epoxide rings is 1. The second-order valence-electron chi connectivity index (χ2n) is 11.4. The van der Waals surface area contributed by atoms with E-state index in [2.05, 4.69) is 62.3 Å². The molecule has 1 aliphatic heterocycles. The van der Waals surface area contributed by atoms with Crippen LogP contribution in [0.2, 0.25) is 0 Å². The summed E-state index contributed by atoms with van der Waals surface area (Å²) in [6.07, 6.45) is 2.42. The largest absolute Gasteiger partial charge is 0.377 e. The summed E-state index contributed by atoms with van der Waals surface area (Å²) in [6.45, 7) is 23.9. The van der Waals surface area contributed by atoms with Crippen LogP contribution in [0, 0.1) is 17.9 Å². The van der Waals surface area contributed by atoms with Crippen molar-refractivity contribution in [2.75, 3.05) is 6.61 Å². The van der Waals surface area contributed by atoms with Crippen LogP contribution in [0.3, 0.4) is 0 Å². The van der Waals surface area contributed by atoms with E-state index in [1.54, 1.807) is 0 Å². The Balaban J connectivity index is 1.91. The van der Waals surface area contributed by atoms with Gasteiger partial charge in [-0.25, -0.2) is 6.57 Å². The van der Waals surface area contributed by atoms with Gasteiger partial charge in [0.25, 0.3) is 0 Å². The first-order chi connectivity index (χ1) is 14.4. The summed E-state index contributed by atoms with van der Waals surface area (Å²) in [6, 6.07) is 6.33. The third-order valence-corrected chi connectivity index (χ3v) is 10.6. The van der Waals surface area contributed by atoms with Gasteiger partial charge in [0.2, 0.25) is 0 Å². The predicted octanol–water partition coefficient (Wildman–Crippen LogP) is 5.18. The van der Waals surface area contributed by atoms with Crippen molar-refractivity contribution in [3.05, 3.63) is 59.1 Å². The molecule has 2 fully saturated rings. The zero-order valence-corrected chi connectivity index (χ0v) is 19.5. The number of fused-ring (bicyclic) bond motifs is 1. The lowest BCUT2D eigenvalue weighted by Gasteiger charge is -2.66. The lowest BCUT2D eigenvalue weighted by atomic mass is 9.36. The molecule has 4 nitrogen and oxygen atoms in total. The number of benzene rings is 1. The van der Waals surface area contributed by atoms with Crippen molar-refractivity contribution in [3.63, 3.8) is 0 Å². The van der Waals surface area contributed by atoms with Crippen LogP contribution in [-0.4, -0.2) is 33.2 Å². The SMILES string of the molecule is [C-]#[N+][C@@]12[C@@](C)(C=C)[C@H](Cl)C[C@@H]3C(C)(C)c4cccc5[nH]c(c(c45)[C@]31O)C(C)(C)[C@]21CO1. The molecule has 0 radical (unpaired) electrons. The van der Waals surface area contributed by atoms with Crippen molar-refractivity contribution in [1.29, 1.82) is 0 Å². The zero-order chi connectivity index (χ0) is 22.4. The molecule has 1 aromatic heterocycles. The maximum absolute atomic E-state index is 13.1. The molecular weight excluding hydrogens is 408 g/mol. The fourth-order valence-electron chi connectivity index (χ4n) is 8.12. The molecule has 1 saturated carbocycles. The Labute approximate surface area is 188 Å². The van der Waals surface area contributed by atoms with E-state index >= 15 is 0 Å². The summed E-state index contributed by atoms with van der Waals surface area (Å²) in [5.74, 6) is -0.227. The van der Waals surface area contributed by atoms with Crippen LogP contribution in [0.4, 0.5) is 0 Å². The highest BCUT2D eigenvalue weighted by Gasteiger charge is 2.93. The topological polar surface area (TPSA) is 52.9 Å². The third kappa shape index (κ3) is 1.57. The van der Waals surface area contributed by atoms with Crippen molar-refractivity contribution in [2.24, 2.45) is 11.3 Å². The van der Waals surface area contributed by atoms with E-state index in [4.69, 9.17) is 22.9 Å². The summed E-state index contributed by atoms with van der Waals surface area (Å²) >= 11 is 7.16. The molecule has 1 saturated heterocycles. The van der Waals surface area contributed by atoms with Gasteiger partial charge in [0.05, 0.1) is 17.4 Å². The fourth-order valence-corrected chi connectivity index (χ4v) is 8.54. The number of aromatic amines is 1. The molecule has 0 unspecified atom stereocenters. The lowest BCUT2D eigenvalue weighted by Crippen LogP contribution is -2.81. The number of aliphatic hydroxyl groups is 1. The van der Waals surface area contributed by atoms with Gasteiger partial charge in [-0.15, -0.1) is 18.2 Å². The number of hydrogen-bond acceptors (Lipinski definition) is 2. The number of rotatable bonds is 1. The maximum atomic E-state index is 13.1. The molecule has 4 aliphatic rings. The van der Waals surface area contributed by atoms with Gasteiger partial charge in [-0.1, -0.05) is 45.9 Å². The van der Waals surface area contributed by atoms with Crippen molar-refractivity contribution >= 4 is 22.5 Å². The van der Waals surface area contributed by atoms with Crippen LogP contribution in [-0.2, 0) is 21.2 Å². The van der Waals surface area contributed by atoms with E-state index in [1.165, 1.54) is 5.56 Å². The second-order valence-corrected chi connectivity index (χ2v) is 11.9. The molecule has 0 bridgehead atoms. The highest BCUT2D eigenvalue weighted by atomic mass is 35.5. The highest BCUT2D eigenvalue weighted by molar-refractivity contribution is 6.21. The standard InChI is InChI=1S/C26H29ClN2O2/c1-8-23(6)17(27)12-16-21(2,3)14-10-9-11-15-18(14)19-20(29-15)22(4,5)24(13-31-24)26(23,28-7)25(16,19)30/h8-11,16-17,29-30H,1,12-13H2,2-6H3/t16-,17-,23+,24-,25-,26-/m1/s1. The normalized spacial score (nSPS) is 45.4. The van der Waals surface area contributed by atoms with E-state index in [0.29, 0.717) is 13.0 Å². The number of H-pyrrole nitrogens is 1. The molecule has 3 aliphatic carbocycles. The molecule has 162 valence electrons. The van der Waals surface area contributed by atoms with Gasteiger partial charge in [0.15, 0.2) is 11.2 Å². The van der Waals surface area contributed by atoms with Gasteiger partial charge in [-0.2, -0.15) is 0 Å². The maximum Gasteiger partial charge on any atom is 0.306 e. The van der Waals surface area contributed by atoms with Gasteiger partial charge >= 0.3 is 5.54 Å². The minimum absolute atomic E-state index is 0.227. The van der Waals surface area contributed by atoms with Gasteiger partial charge in [0, 0.05) is 33.5 Å². The van der Waals surface area contributed by atoms with E-state index < -0.39 is 27.6 Å². The van der Waals surface area contributed by atoms with Crippen molar-refractivity contribution < 1.29 is 9.84 Å². The zero-order valence-electron chi connectivity index (χ0n) is 18.8. The summed E-state index contributed by atoms with van der Waals surface area (Å²) in [5, 5.41) is 13.8. The molecule has 6 atom stereocenters. The van der Waals surface area contributed by atoms with Gasteiger partial charge in [0.1, 0.15) is 0 Å². The Morgan fingerprint density at radius 3 is 2.55 bits per heavy atom. The molecule has 2 heterocycles. The van der Waals surface area contributed by atoms with Crippen LogP contribution < -0.4 is 0 Å². The molecular formula is C26H29ClN2O2. The molecule has 31 heavy (non-hydrogen) atoms. The minimum atomic E-state index is -1.42. The van der Waals surface area contributed by atoms with Crippen LogP contribution in [0.5, 0.6) is 0 Å². The third-order valence-electron chi connectivity index (χ3n) is 9.94. The summed E-state index contributed by atoms with van der Waals surface area (Å²) in [7, 11) is 0. The first kappa shape index (κ1) is 19.9. The molecule has 6 rings (SSSR count). The Hall–Kier alpha value is -1.80. The summed E-state index contributed by atoms with van der Waals surface area (Å²) in [5.41, 5.74) is -1.17. The van der Waals surface area contributed by atoms with E-state index in [-0.39, 0.29) is 16.7 Å². The van der Waals surface area contributed by atoms with E-state index in [1.807, 2.05) is 13.0 Å². The molecule has 0 amide bonds. The van der Waals surface area contributed by atoms with Crippen LogP contribution in [0.1, 0.15) is 57.9 Å². The Kier molecular flexibility index (Phi) is 3.24. The number of halogens is 1. The highest BCUT2D eigenvalue weighted by Crippen LogP contribution is 2.78. The number of nitrogens with zero attached hydrogens (tertiary/aromatic N) is 1. The molecule has 5 heteroatoms. The van der Waals surface area contributed by atoms with Gasteiger partial charge in [-0.3, -0.25) is 0 Å². The van der Waals surface area contributed by atoms with Crippen LogP contribution in [0.25, 0.3) is 15.7 Å². The average Bonchev–Trinajstić information content (AvgIpc) is 3.42. The van der Waals surface area contributed by atoms with Crippen molar-refractivity contribution in [2.45, 2.75) is 74.0 Å². The molecule has 1 spiro atoms. The van der Waals surface area contributed by atoms with Crippen LogP contribution in [0.15, 0.2) is 30.9 Å². The predicted molar refractivity (Wildman–Crippen MR) is 122 cm³/mol. The smallest absolute Gasteiger partial charge is 0.306 e. The Morgan fingerprint density at radius 1 is 1.29 bits per heavy atom. The van der Waals surface area contributed by atoms with Crippen molar-refractivity contribution in [3.8, 4) is 0 Å². The Morgan fingerprint density at radius 2 is 1.97 bits per heavy atom. The minimum Gasteiger partial charge on any atom is -0.377 e.